The van der Waals surface area contributed by atoms with Crippen molar-refractivity contribution < 1.29 is 4.79 Å². The number of carbonyl (C=O) groups excluding carboxylic acids is 1. The van der Waals surface area contributed by atoms with E-state index in [4.69, 9.17) is 0 Å². The van der Waals surface area contributed by atoms with Gasteiger partial charge in [-0.1, -0.05) is 68.8 Å². The van der Waals surface area contributed by atoms with E-state index in [0.717, 1.165) is 12.8 Å². The maximum absolute atomic E-state index is 12.4. The van der Waals surface area contributed by atoms with Crippen LogP contribution in [0.4, 0.5) is 0 Å². The predicted molar refractivity (Wildman–Crippen MR) is 108 cm³/mol. The predicted octanol–water partition coefficient (Wildman–Crippen LogP) is 2.85. The third-order valence-corrected chi connectivity index (χ3v) is 6.55. The molecule has 3 atom stereocenters. The third-order valence-electron chi connectivity index (χ3n) is 5.58. The van der Waals surface area contributed by atoms with Gasteiger partial charge in [-0.25, -0.2) is 9.89 Å². The lowest BCUT2D eigenvalue weighted by molar-refractivity contribution is -0.120. The van der Waals surface area contributed by atoms with Crippen molar-refractivity contribution in [3.8, 4) is 0 Å². The molecule has 0 bridgehead atoms. The molecule has 0 unspecified atom stereocenters. The second kappa shape index (κ2) is 9.26. The van der Waals surface area contributed by atoms with Gasteiger partial charge < -0.3 is 5.32 Å². The van der Waals surface area contributed by atoms with Gasteiger partial charge in [-0.15, -0.1) is 5.10 Å². The molecule has 1 heterocycles. The number of nitrogens with one attached hydrogen (secondary N) is 2. The standard InChI is InChI=1S/C20H28N4O2S/c1-14-7-6-10-17(15(14)2)21-18(25)13-27-20-23-22-19(26)24(20)12-11-16-8-4-3-5-9-16/h3-5,8-9,14-15,17H,6-7,10-13H2,1-2H3,(H,21,25)(H,22,26)/t14-,15+,17-/m0/s1. The molecule has 0 saturated heterocycles. The minimum absolute atomic E-state index is 0.0102. The van der Waals surface area contributed by atoms with Gasteiger partial charge in [0.2, 0.25) is 5.91 Å². The van der Waals surface area contributed by atoms with Crippen LogP contribution in [0.3, 0.4) is 0 Å². The Bertz CT molecular complexity index is 802. The zero-order valence-electron chi connectivity index (χ0n) is 16.0. The van der Waals surface area contributed by atoms with E-state index in [1.807, 2.05) is 30.3 Å². The van der Waals surface area contributed by atoms with Gasteiger partial charge >= 0.3 is 5.69 Å². The number of carbonyl (C=O) groups is 1. The van der Waals surface area contributed by atoms with E-state index in [-0.39, 0.29) is 23.4 Å². The first-order chi connectivity index (χ1) is 13.0. The minimum Gasteiger partial charge on any atom is -0.352 e. The number of benzene rings is 1. The van der Waals surface area contributed by atoms with E-state index in [2.05, 4.69) is 29.4 Å². The maximum Gasteiger partial charge on any atom is 0.343 e. The van der Waals surface area contributed by atoms with Crippen LogP contribution in [-0.4, -0.2) is 32.5 Å². The van der Waals surface area contributed by atoms with E-state index in [0.29, 0.717) is 23.5 Å². The highest BCUT2D eigenvalue weighted by Gasteiger charge is 2.28. The van der Waals surface area contributed by atoms with Crippen LogP contribution >= 0.6 is 11.8 Å². The number of aromatic nitrogens is 3. The number of nitrogens with zero attached hydrogens (tertiary/aromatic N) is 2. The topological polar surface area (TPSA) is 79.8 Å². The summed E-state index contributed by atoms with van der Waals surface area (Å²) in [6.45, 7) is 5.02. The molecule has 1 saturated carbocycles. The Morgan fingerprint density at radius 1 is 1.30 bits per heavy atom. The number of amides is 1. The second-order valence-electron chi connectivity index (χ2n) is 7.43. The van der Waals surface area contributed by atoms with Gasteiger partial charge in [-0.3, -0.25) is 9.36 Å². The van der Waals surface area contributed by atoms with E-state index < -0.39 is 0 Å². The molecule has 2 aromatic rings. The smallest absolute Gasteiger partial charge is 0.343 e. The molecule has 3 rings (SSSR count). The monoisotopic (exact) mass is 388 g/mol. The fourth-order valence-corrected chi connectivity index (χ4v) is 4.44. The van der Waals surface area contributed by atoms with Gasteiger partial charge in [-0.05, 0) is 30.2 Å². The molecule has 1 aromatic heterocycles. The highest BCUT2D eigenvalue weighted by molar-refractivity contribution is 7.99. The van der Waals surface area contributed by atoms with E-state index in [9.17, 15) is 9.59 Å². The Morgan fingerprint density at radius 3 is 2.85 bits per heavy atom. The van der Waals surface area contributed by atoms with Crippen molar-refractivity contribution in [1.82, 2.24) is 20.1 Å². The molecule has 27 heavy (non-hydrogen) atoms. The van der Waals surface area contributed by atoms with Gasteiger partial charge in [0.05, 0.1) is 5.75 Å². The fraction of sp³-hybridized carbons (Fsp3) is 0.550. The Morgan fingerprint density at radius 2 is 2.07 bits per heavy atom. The lowest BCUT2D eigenvalue weighted by Crippen LogP contribution is -2.44. The number of hydrogen-bond donors (Lipinski definition) is 2. The van der Waals surface area contributed by atoms with Crippen LogP contribution in [-0.2, 0) is 17.8 Å². The first-order valence-electron chi connectivity index (χ1n) is 9.66. The molecule has 1 fully saturated rings. The normalized spacial score (nSPS) is 22.5. The Kier molecular flexibility index (Phi) is 6.77. The van der Waals surface area contributed by atoms with Crippen molar-refractivity contribution in [1.29, 1.82) is 0 Å². The Hall–Kier alpha value is -2.02. The minimum atomic E-state index is -0.233. The largest absolute Gasteiger partial charge is 0.352 e. The lowest BCUT2D eigenvalue weighted by atomic mass is 9.78. The molecule has 6 nitrogen and oxygen atoms in total. The van der Waals surface area contributed by atoms with Crippen LogP contribution < -0.4 is 11.0 Å². The maximum atomic E-state index is 12.4. The zero-order valence-corrected chi connectivity index (χ0v) is 16.8. The van der Waals surface area contributed by atoms with Crippen molar-refractivity contribution in [2.75, 3.05) is 5.75 Å². The number of aromatic amines is 1. The summed E-state index contributed by atoms with van der Waals surface area (Å²) in [6, 6.07) is 10.3. The summed E-state index contributed by atoms with van der Waals surface area (Å²) in [5.74, 6) is 1.43. The van der Waals surface area contributed by atoms with Crippen LogP contribution in [0.25, 0.3) is 0 Å². The highest BCUT2D eigenvalue weighted by atomic mass is 32.2. The van der Waals surface area contributed by atoms with Gasteiger partial charge in [0.25, 0.3) is 0 Å². The number of rotatable bonds is 7. The molecule has 0 spiro atoms. The summed E-state index contributed by atoms with van der Waals surface area (Å²) in [5, 5.41) is 10.3. The molecule has 1 aliphatic rings. The second-order valence-corrected chi connectivity index (χ2v) is 8.37. The fourth-order valence-electron chi connectivity index (χ4n) is 3.66. The summed E-state index contributed by atoms with van der Waals surface area (Å²) in [5.41, 5.74) is 0.934. The average Bonchev–Trinajstić information content (AvgIpc) is 3.02. The first kappa shape index (κ1) is 19.7. The van der Waals surface area contributed by atoms with E-state index in [1.54, 1.807) is 4.57 Å². The third kappa shape index (κ3) is 5.25. The summed E-state index contributed by atoms with van der Waals surface area (Å²) in [4.78, 5) is 24.4. The number of aryl methyl sites for hydroxylation is 1. The van der Waals surface area contributed by atoms with Crippen LogP contribution in [0.15, 0.2) is 40.3 Å². The Balaban J connectivity index is 1.53. The highest BCUT2D eigenvalue weighted by Crippen LogP contribution is 2.29. The molecular weight excluding hydrogens is 360 g/mol. The van der Waals surface area contributed by atoms with Crippen LogP contribution in [0, 0.1) is 11.8 Å². The SMILES string of the molecule is C[C@H]1[C@@H](NC(=O)CSc2n[nH]c(=O)n2CCc2ccccc2)CCC[C@@H]1C. The molecule has 2 N–H and O–H groups in total. The van der Waals surface area contributed by atoms with Crippen LogP contribution in [0.2, 0.25) is 0 Å². The van der Waals surface area contributed by atoms with Crippen molar-refractivity contribution in [3.05, 3.63) is 46.4 Å². The van der Waals surface area contributed by atoms with Crippen LogP contribution in [0.1, 0.15) is 38.7 Å². The molecular formula is C20H28N4O2S. The number of H-pyrrole nitrogens is 1. The summed E-state index contributed by atoms with van der Waals surface area (Å²) < 4.78 is 1.61. The molecule has 0 aliphatic heterocycles. The molecule has 1 aromatic carbocycles. The van der Waals surface area contributed by atoms with Crippen molar-refractivity contribution in [2.45, 2.75) is 57.3 Å². The average molecular weight is 389 g/mol. The quantitative estimate of drug-likeness (QED) is 0.715. The molecule has 146 valence electrons. The summed E-state index contributed by atoms with van der Waals surface area (Å²) in [6.07, 6.45) is 4.20. The van der Waals surface area contributed by atoms with Crippen LogP contribution in [0.5, 0.6) is 0 Å². The van der Waals surface area contributed by atoms with Gasteiger partial charge in [0, 0.05) is 12.6 Å². The molecule has 1 amide bonds. The summed E-state index contributed by atoms with van der Waals surface area (Å²) >= 11 is 1.31. The van der Waals surface area contributed by atoms with Gasteiger partial charge in [0.15, 0.2) is 5.16 Å². The van der Waals surface area contributed by atoms with Crippen molar-refractivity contribution >= 4 is 17.7 Å². The molecule has 1 aliphatic carbocycles. The van der Waals surface area contributed by atoms with Crippen molar-refractivity contribution in [3.63, 3.8) is 0 Å². The zero-order chi connectivity index (χ0) is 19.2. The van der Waals surface area contributed by atoms with E-state index in [1.165, 1.54) is 30.2 Å². The molecule has 7 heteroatoms. The van der Waals surface area contributed by atoms with E-state index >= 15 is 0 Å². The Labute approximate surface area is 164 Å². The number of thioether (sulfide) groups is 1. The van der Waals surface area contributed by atoms with Gasteiger partial charge in [-0.2, -0.15) is 0 Å². The number of hydrogen-bond acceptors (Lipinski definition) is 4. The summed E-state index contributed by atoms with van der Waals surface area (Å²) in [7, 11) is 0. The molecule has 0 radical (unpaired) electrons. The first-order valence-corrected chi connectivity index (χ1v) is 10.6. The van der Waals surface area contributed by atoms with Crippen molar-refractivity contribution in [2.24, 2.45) is 11.8 Å². The lowest BCUT2D eigenvalue weighted by Gasteiger charge is -2.34. The van der Waals surface area contributed by atoms with Gasteiger partial charge in [0.1, 0.15) is 0 Å².